The van der Waals surface area contributed by atoms with E-state index in [9.17, 15) is 0 Å². The number of rotatable bonds is 6. The van der Waals surface area contributed by atoms with Gasteiger partial charge in [-0.2, -0.15) is 0 Å². The minimum atomic E-state index is 0.643. The van der Waals surface area contributed by atoms with Crippen LogP contribution in [0.4, 0.5) is 0 Å². The van der Waals surface area contributed by atoms with Crippen molar-refractivity contribution in [3.8, 4) is 0 Å². The van der Waals surface area contributed by atoms with E-state index in [0.717, 1.165) is 32.7 Å². The Morgan fingerprint density at radius 3 is 3.12 bits per heavy atom. The molecular formula is C13H24N4. The zero-order chi connectivity index (χ0) is 12.1. The van der Waals surface area contributed by atoms with Gasteiger partial charge in [-0.1, -0.05) is 6.92 Å². The predicted octanol–water partition coefficient (Wildman–Crippen LogP) is 1.48. The molecule has 1 atom stereocenters. The summed E-state index contributed by atoms with van der Waals surface area (Å²) in [5, 5.41) is 3.47. The Morgan fingerprint density at radius 1 is 1.41 bits per heavy atom. The molecule has 0 bridgehead atoms. The van der Waals surface area contributed by atoms with Crippen molar-refractivity contribution in [2.45, 2.75) is 45.8 Å². The van der Waals surface area contributed by atoms with Crippen LogP contribution in [0.5, 0.6) is 0 Å². The third-order valence-electron chi connectivity index (χ3n) is 3.56. The van der Waals surface area contributed by atoms with E-state index in [1.54, 1.807) is 0 Å². The largest absolute Gasteiger partial charge is 0.333 e. The molecule has 1 aromatic heterocycles. The Hall–Kier alpha value is -0.870. The normalized spacial score (nSPS) is 18.0. The van der Waals surface area contributed by atoms with Gasteiger partial charge in [0.2, 0.25) is 0 Å². The summed E-state index contributed by atoms with van der Waals surface area (Å²) in [6.45, 7) is 10.0. The van der Waals surface area contributed by atoms with Gasteiger partial charge in [-0.15, -0.1) is 0 Å². The second kappa shape index (κ2) is 6.17. The molecule has 96 valence electrons. The van der Waals surface area contributed by atoms with Crippen LogP contribution in [0.25, 0.3) is 0 Å². The maximum absolute atomic E-state index is 4.40. The Balaban J connectivity index is 1.76. The second-order valence-electron chi connectivity index (χ2n) is 4.90. The molecule has 0 amide bonds. The van der Waals surface area contributed by atoms with Crippen molar-refractivity contribution in [1.82, 2.24) is 19.8 Å². The SMILES string of the molecule is CCCNCCC(C)N1CCn2ccnc2C1. The van der Waals surface area contributed by atoms with Crippen LogP contribution >= 0.6 is 0 Å². The van der Waals surface area contributed by atoms with Crippen molar-refractivity contribution in [2.24, 2.45) is 0 Å². The number of hydrogen-bond donors (Lipinski definition) is 1. The summed E-state index contributed by atoms with van der Waals surface area (Å²) >= 11 is 0. The first-order chi connectivity index (χ1) is 8.31. The highest BCUT2D eigenvalue weighted by Gasteiger charge is 2.20. The molecule has 0 spiro atoms. The van der Waals surface area contributed by atoms with Crippen LogP contribution < -0.4 is 5.32 Å². The lowest BCUT2D eigenvalue weighted by Crippen LogP contribution is -2.41. The lowest BCUT2D eigenvalue weighted by molar-refractivity contribution is 0.155. The first-order valence-corrected chi connectivity index (χ1v) is 6.76. The van der Waals surface area contributed by atoms with Gasteiger partial charge >= 0.3 is 0 Å². The van der Waals surface area contributed by atoms with E-state index in [2.05, 4.69) is 39.8 Å². The molecule has 1 aliphatic heterocycles. The third-order valence-corrected chi connectivity index (χ3v) is 3.56. The topological polar surface area (TPSA) is 33.1 Å². The van der Waals surface area contributed by atoms with Crippen molar-refractivity contribution in [3.05, 3.63) is 18.2 Å². The summed E-state index contributed by atoms with van der Waals surface area (Å²) in [7, 11) is 0. The molecular weight excluding hydrogens is 212 g/mol. The third kappa shape index (κ3) is 3.30. The maximum Gasteiger partial charge on any atom is 0.122 e. The summed E-state index contributed by atoms with van der Waals surface area (Å²) in [6, 6.07) is 0.643. The molecule has 2 rings (SSSR count). The van der Waals surface area contributed by atoms with Gasteiger partial charge in [-0.05, 0) is 32.9 Å². The monoisotopic (exact) mass is 236 g/mol. The standard InChI is InChI=1S/C13H24N4/c1-3-5-14-6-4-12(2)17-10-9-16-8-7-15-13(16)11-17/h7-8,12,14H,3-6,9-11H2,1-2H3. The van der Waals surface area contributed by atoms with Crippen molar-refractivity contribution in [1.29, 1.82) is 0 Å². The molecule has 1 unspecified atom stereocenters. The molecule has 2 heterocycles. The van der Waals surface area contributed by atoms with Gasteiger partial charge < -0.3 is 9.88 Å². The number of aromatic nitrogens is 2. The fourth-order valence-electron chi connectivity index (χ4n) is 2.36. The predicted molar refractivity (Wildman–Crippen MR) is 69.9 cm³/mol. The first-order valence-electron chi connectivity index (χ1n) is 6.76. The summed E-state index contributed by atoms with van der Waals surface area (Å²) in [6.07, 6.45) is 6.43. The average Bonchev–Trinajstić information content (AvgIpc) is 2.81. The van der Waals surface area contributed by atoms with E-state index in [1.807, 2.05) is 6.20 Å². The number of hydrogen-bond acceptors (Lipinski definition) is 3. The highest BCUT2D eigenvalue weighted by molar-refractivity contribution is 4.96. The molecule has 1 aromatic rings. The fraction of sp³-hybridized carbons (Fsp3) is 0.769. The molecule has 17 heavy (non-hydrogen) atoms. The number of imidazole rings is 1. The van der Waals surface area contributed by atoms with Gasteiger partial charge in [0, 0.05) is 31.5 Å². The molecule has 1 aliphatic rings. The summed E-state index contributed by atoms with van der Waals surface area (Å²) in [4.78, 5) is 6.94. The van der Waals surface area contributed by atoms with Crippen LogP contribution in [0.3, 0.4) is 0 Å². The molecule has 0 aromatic carbocycles. The molecule has 4 heteroatoms. The van der Waals surface area contributed by atoms with Gasteiger partial charge in [0.05, 0.1) is 6.54 Å². The van der Waals surface area contributed by atoms with Crippen molar-refractivity contribution >= 4 is 0 Å². The molecule has 4 nitrogen and oxygen atoms in total. The lowest BCUT2D eigenvalue weighted by atomic mass is 10.2. The molecule has 0 aliphatic carbocycles. The van der Waals surface area contributed by atoms with E-state index in [4.69, 9.17) is 0 Å². The van der Waals surface area contributed by atoms with E-state index in [1.165, 1.54) is 18.7 Å². The Labute approximate surface area is 104 Å². The van der Waals surface area contributed by atoms with E-state index < -0.39 is 0 Å². The van der Waals surface area contributed by atoms with E-state index >= 15 is 0 Å². The van der Waals surface area contributed by atoms with Crippen molar-refractivity contribution < 1.29 is 0 Å². The van der Waals surface area contributed by atoms with Gasteiger partial charge in [0.15, 0.2) is 0 Å². The smallest absolute Gasteiger partial charge is 0.122 e. The van der Waals surface area contributed by atoms with Crippen molar-refractivity contribution in [2.75, 3.05) is 19.6 Å². The molecule has 1 N–H and O–H groups in total. The maximum atomic E-state index is 4.40. The van der Waals surface area contributed by atoms with E-state index in [0.29, 0.717) is 6.04 Å². The zero-order valence-electron chi connectivity index (χ0n) is 11.0. The average molecular weight is 236 g/mol. The van der Waals surface area contributed by atoms with Crippen LogP contribution in [-0.2, 0) is 13.1 Å². The Morgan fingerprint density at radius 2 is 2.29 bits per heavy atom. The van der Waals surface area contributed by atoms with Gasteiger partial charge in [-0.25, -0.2) is 4.98 Å². The molecule has 0 saturated heterocycles. The Bertz CT molecular complexity index is 334. The summed E-state index contributed by atoms with van der Waals surface area (Å²) in [5.41, 5.74) is 0. The van der Waals surface area contributed by atoms with Crippen LogP contribution in [0, 0.1) is 0 Å². The van der Waals surface area contributed by atoms with Crippen LogP contribution in [-0.4, -0.2) is 40.1 Å². The van der Waals surface area contributed by atoms with Gasteiger partial charge in [0.25, 0.3) is 0 Å². The molecule has 0 radical (unpaired) electrons. The van der Waals surface area contributed by atoms with Gasteiger partial charge in [0.1, 0.15) is 5.82 Å². The highest BCUT2D eigenvalue weighted by atomic mass is 15.2. The number of nitrogens with one attached hydrogen (secondary N) is 1. The number of nitrogens with zero attached hydrogens (tertiary/aromatic N) is 3. The quantitative estimate of drug-likeness (QED) is 0.759. The second-order valence-corrected chi connectivity index (χ2v) is 4.90. The van der Waals surface area contributed by atoms with E-state index in [-0.39, 0.29) is 0 Å². The summed E-state index contributed by atoms with van der Waals surface area (Å²) < 4.78 is 2.26. The number of fused-ring (bicyclic) bond motifs is 1. The fourth-order valence-corrected chi connectivity index (χ4v) is 2.36. The molecule has 0 fully saturated rings. The summed E-state index contributed by atoms with van der Waals surface area (Å²) in [5.74, 6) is 1.21. The minimum absolute atomic E-state index is 0.643. The highest BCUT2D eigenvalue weighted by Crippen LogP contribution is 2.14. The van der Waals surface area contributed by atoms with Crippen molar-refractivity contribution in [3.63, 3.8) is 0 Å². The van der Waals surface area contributed by atoms with Crippen LogP contribution in [0.15, 0.2) is 12.4 Å². The lowest BCUT2D eigenvalue weighted by Gasteiger charge is -2.32. The first kappa shape index (κ1) is 12.6. The van der Waals surface area contributed by atoms with Crippen LogP contribution in [0.2, 0.25) is 0 Å². The van der Waals surface area contributed by atoms with Gasteiger partial charge in [-0.3, -0.25) is 4.90 Å². The minimum Gasteiger partial charge on any atom is -0.333 e. The Kier molecular flexibility index (Phi) is 4.57. The van der Waals surface area contributed by atoms with Crippen LogP contribution in [0.1, 0.15) is 32.5 Å². The zero-order valence-corrected chi connectivity index (χ0v) is 11.0. The molecule has 0 saturated carbocycles.